The normalized spacial score (nSPS) is 11.1. The van der Waals surface area contributed by atoms with Crippen molar-refractivity contribution in [2.45, 2.75) is 6.54 Å². The second-order valence-corrected chi connectivity index (χ2v) is 3.63. The maximum Gasteiger partial charge on any atom is 0.323 e. The largest absolute Gasteiger partial charge is 0.480 e. The highest BCUT2D eigenvalue weighted by atomic mass is 16.4. The summed E-state index contributed by atoms with van der Waals surface area (Å²) in [5.41, 5.74) is 1.41. The fraction of sp³-hybridized carbons (Fsp3) is 0.0909. The molecule has 3 heterocycles. The Morgan fingerprint density at radius 1 is 1.47 bits per heavy atom. The summed E-state index contributed by atoms with van der Waals surface area (Å²) in [6.45, 7) is -0.0835. The zero-order valence-corrected chi connectivity index (χ0v) is 8.78. The van der Waals surface area contributed by atoms with E-state index in [0.717, 1.165) is 5.65 Å². The molecule has 1 N–H and O–H groups in total. The summed E-state index contributed by atoms with van der Waals surface area (Å²) < 4.78 is 8.48. The fourth-order valence-electron chi connectivity index (χ4n) is 1.75. The van der Waals surface area contributed by atoms with Crippen LogP contribution in [0.3, 0.4) is 0 Å². The molecule has 0 unspecified atom stereocenters. The number of fused-ring (bicyclic) bond motifs is 1. The smallest absolute Gasteiger partial charge is 0.323 e. The van der Waals surface area contributed by atoms with Crippen LogP contribution in [0.4, 0.5) is 0 Å². The molecule has 3 aromatic heterocycles. The van der Waals surface area contributed by atoms with Gasteiger partial charge in [-0.2, -0.15) is 5.10 Å². The number of aliphatic carboxylic acids is 1. The number of furan rings is 1. The van der Waals surface area contributed by atoms with Crippen LogP contribution in [-0.2, 0) is 11.3 Å². The van der Waals surface area contributed by atoms with Gasteiger partial charge in [0.05, 0.1) is 6.26 Å². The molecule has 6 heteroatoms. The predicted octanol–water partition coefficient (Wildman–Crippen LogP) is 1.48. The Balaban J connectivity index is 2.08. The van der Waals surface area contributed by atoms with E-state index >= 15 is 0 Å². The van der Waals surface area contributed by atoms with Gasteiger partial charge in [-0.1, -0.05) is 0 Å². The summed E-state index contributed by atoms with van der Waals surface area (Å²) in [4.78, 5) is 10.7. The number of rotatable bonds is 3. The van der Waals surface area contributed by atoms with Crippen LogP contribution in [0.25, 0.3) is 17.1 Å². The van der Waals surface area contributed by atoms with Crippen molar-refractivity contribution in [3.63, 3.8) is 0 Å². The molecule has 0 radical (unpaired) electrons. The molecule has 0 amide bonds. The summed E-state index contributed by atoms with van der Waals surface area (Å²) in [5.74, 6) is -0.223. The third-order valence-corrected chi connectivity index (χ3v) is 2.48. The molecule has 0 atom stereocenters. The van der Waals surface area contributed by atoms with Gasteiger partial charge in [-0.05, 0) is 12.1 Å². The number of carbonyl (C=O) groups is 1. The van der Waals surface area contributed by atoms with Crippen molar-refractivity contribution < 1.29 is 14.3 Å². The van der Waals surface area contributed by atoms with E-state index in [2.05, 4.69) is 5.10 Å². The van der Waals surface area contributed by atoms with E-state index < -0.39 is 5.97 Å². The lowest BCUT2D eigenvalue weighted by Crippen LogP contribution is -2.07. The summed E-state index contributed by atoms with van der Waals surface area (Å²) >= 11 is 0. The first kappa shape index (κ1) is 9.71. The minimum atomic E-state index is -0.885. The van der Waals surface area contributed by atoms with Crippen molar-refractivity contribution in [3.05, 3.63) is 36.9 Å². The highest BCUT2D eigenvalue weighted by Crippen LogP contribution is 2.20. The van der Waals surface area contributed by atoms with Crippen molar-refractivity contribution in [1.82, 2.24) is 14.2 Å². The van der Waals surface area contributed by atoms with Crippen LogP contribution in [0.1, 0.15) is 0 Å². The van der Waals surface area contributed by atoms with Gasteiger partial charge in [0, 0.05) is 18.5 Å². The minimum absolute atomic E-state index is 0.0835. The summed E-state index contributed by atoms with van der Waals surface area (Å²) in [6.07, 6.45) is 4.97. The molecule has 86 valence electrons. The molecule has 6 nitrogen and oxygen atoms in total. The van der Waals surface area contributed by atoms with E-state index in [-0.39, 0.29) is 6.54 Å². The molecule has 0 saturated heterocycles. The van der Waals surface area contributed by atoms with Gasteiger partial charge in [0.2, 0.25) is 0 Å². The molecule has 0 aromatic carbocycles. The van der Waals surface area contributed by atoms with Crippen molar-refractivity contribution in [2.75, 3.05) is 0 Å². The number of imidazole rings is 1. The average Bonchev–Trinajstić information content (AvgIpc) is 2.93. The van der Waals surface area contributed by atoms with Gasteiger partial charge in [-0.3, -0.25) is 4.79 Å². The predicted molar refractivity (Wildman–Crippen MR) is 58.5 cm³/mol. The molecule has 0 spiro atoms. The molecule has 0 aliphatic heterocycles. The summed E-state index contributed by atoms with van der Waals surface area (Å²) in [6, 6.07) is 5.38. The highest BCUT2D eigenvalue weighted by molar-refractivity contribution is 5.68. The van der Waals surface area contributed by atoms with Crippen LogP contribution in [0.2, 0.25) is 0 Å². The Morgan fingerprint density at radius 3 is 3.06 bits per heavy atom. The van der Waals surface area contributed by atoms with E-state index in [0.29, 0.717) is 11.5 Å². The Hall–Kier alpha value is -2.50. The molecular weight excluding hydrogens is 222 g/mol. The van der Waals surface area contributed by atoms with Crippen LogP contribution < -0.4 is 0 Å². The zero-order chi connectivity index (χ0) is 11.8. The van der Waals surface area contributed by atoms with Crippen LogP contribution >= 0.6 is 0 Å². The Bertz CT molecular complexity index is 663. The third kappa shape index (κ3) is 1.59. The maximum atomic E-state index is 10.7. The first-order valence-electron chi connectivity index (χ1n) is 5.04. The number of nitrogens with zero attached hydrogens (tertiary/aromatic N) is 3. The number of carboxylic acids is 1. The molecule has 0 saturated carbocycles. The lowest BCUT2D eigenvalue weighted by molar-refractivity contribution is -0.137. The fourth-order valence-corrected chi connectivity index (χ4v) is 1.75. The van der Waals surface area contributed by atoms with Gasteiger partial charge < -0.3 is 14.1 Å². The number of aromatic nitrogens is 3. The molecule has 0 fully saturated rings. The van der Waals surface area contributed by atoms with Gasteiger partial charge in [-0.15, -0.1) is 0 Å². The first-order chi connectivity index (χ1) is 8.24. The lowest BCUT2D eigenvalue weighted by Gasteiger charge is -1.96. The van der Waals surface area contributed by atoms with E-state index in [1.165, 1.54) is 0 Å². The number of carboxylic acid groups (broad SMARTS) is 1. The van der Waals surface area contributed by atoms with Crippen LogP contribution in [-0.4, -0.2) is 25.3 Å². The molecule has 0 aliphatic carbocycles. The molecule has 0 aliphatic rings. The van der Waals surface area contributed by atoms with Crippen molar-refractivity contribution >= 4 is 11.6 Å². The van der Waals surface area contributed by atoms with E-state index in [4.69, 9.17) is 9.52 Å². The first-order valence-corrected chi connectivity index (χ1v) is 5.04. The number of hydrogen-bond donors (Lipinski definition) is 1. The lowest BCUT2D eigenvalue weighted by atomic mass is 10.3. The van der Waals surface area contributed by atoms with Gasteiger partial charge in [0.15, 0.2) is 5.76 Å². The second kappa shape index (κ2) is 3.51. The topological polar surface area (TPSA) is 72.7 Å². The van der Waals surface area contributed by atoms with Gasteiger partial charge in [0.25, 0.3) is 0 Å². The number of hydrogen-bond acceptors (Lipinski definition) is 3. The van der Waals surface area contributed by atoms with E-state index in [1.807, 2.05) is 6.07 Å². The van der Waals surface area contributed by atoms with Crippen LogP contribution in [0.5, 0.6) is 0 Å². The van der Waals surface area contributed by atoms with E-state index in [9.17, 15) is 4.79 Å². The third-order valence-electron chi connectivity index (χ3n) is 2.48. The van der Waals surface area contributed by atoms with Crippen molar-refractivity contribution in [1.29, 1.82) is 0 Å². The highest BCUT2D eigenvalue weighted by Gasteiger charge is 2.11. The van der Waals surface area contributed by atoms with Gasteiger partial charge in [0.1, 0.15) is 17.9 Å². The van der Waals surface area contributed by atoms with E-state index in [1.54, 1.807) is 39.9 Å². The monoisotopic (exact) mass is 231 g/mol. The zero-order valence-electron chi connectivity index (χ0n) is 8.78. The summed E-state index contributed by atoms with van der Waals surface area (Å²) in [5, 5.41) is 13.1. The Labute approximate surface area is 95.7 Å². The molecule has 17 heavy (non-hydrogen) atoms. The maximum absolute atomic E-state index is 10.7. The van der Waals surface area contributed by atoms with Crippen molar-refractivity contribution in [2.24, 2.45) is 0 Å². The Kier molecular flexibility index (Phi) is 2.01. The minimum Gasteiger partial charge on any atom is -0.480 e. The SMILES string of the molecule is O=C(O)Cn1ccn2nc(-c3ccco3)cc12. The quantitative estimate of drug-likeness (QED) is 0.741. The van der Waals surface area contributed by atoms with Crippen LogP contribution in [0, 0.1) is 0 Å². The summed E-state index contributed by atoms with van der Waals surface area (Å²) in [7, 11) is 0. The second-order valence-electron chi connectivity index (χ2n) is 3.63. The molecule has 3 rings (SSSR count). The average molecular weight is 231 g/mol. The van der Waals surface area contributed by atoms with Gasteiger partial charge in [-0.25, -0.2) is 4.52 Å². The molecule has 3 aromatic rings. The molecule has 0 bridgehead atoms. The van der Waals surface area contributed by atoms with Gasteiger partial charge >= 0.3 is 5.97 Å². The van der Waals surface area contributed by atoms with Crippen molar-refractivity contribution in [3.8, 4) is 11.5 Å². The molecular formula is C11H9N3O3. The Morgan fingerprint density at radius 2 is 2.35 bits per heavy atom. The van der Waals surface area contributed by atoms with Crippen LogP contribution in [0.15, 0.2) is 41.3 Å². The standard InChI is InChI=1S/C11H9N3O3/c15-11(16)7-13-3-4-14-10(13)6-8(12-14)9-2-1-5-17-9/h1-6H,7H2,(H,15,16).